The number of nitrogens with zero attached hydrogens (tertiary/aromatic N) is 2. The Bertz CT molecular complexity index is 1240. The predicted molar refractivity (Wildman–Crippen MR) is 118 cm³/mol. The number of rotatable bonds is 6. The van der Waals surface area contributed by atoms with Crippen molar-refractivity contribution in [2.24, 2.45) is 5.92 Å². The van der Waals surface area contributed by atoms with Gasteiger partial charge in [-0.1, -0.05) is 0 Å². The van der Waals surface area contributed by atoms with E-state index in [0.717, 1.165) is 31.4 Å². The van der Waals surface area contributed by atoms with Crippen molar-refractivity contribution in [3.05, 3.63) is 41.3 Å². The van der Waals surface area contributed by atoms with Gasteiger partial charge >= 0.3 is 6.18 Å². The van der Waals surface area contributed by atoms with Crippen molar-refractivity contribution in [2.45, 2.75) is 57.3 Å². The molecule has 2 aliphatic rings. The molecular formula is C24H25F3N4O3. The van der Waals surface area contributed by atoms with E-state index in [1.165, 1.54) is 12.4 Å². The maximum Gasteiger partial charge on any atom is 0.416 e. The first-order valence-electron chi connectivity index (χ1n) is 11.4. The monoisotopic (exact) mass is 474 g/mol. The molecule has 3 N–H and O–H groups in total. The van der Waals surface area contributed by atoms with Crippen molar-refractivity contribution < 1.29 is 27.8 Å². The second-order valence-electron chi connectivity index (χ2n) is 9.11. The summed E-state index contributed by atoms with van der Waals surface area (Å²) in [6.45, 7) is 2.12. The molecule has 0 radical (unpaired) electrons. The SMILES string of the molecule is Cc1[nH]c2c(-c3cc(C(F)(F)F)ccc3OCC3CC3)ncnc2c1C(=O)N[C@H]1CCC[C@@H]1O. The molecule has 2 aromatic heterocycles. The molecule has 2 atom stereocenters. The zero-order chi connectivity index (χ0) is 24.0. The highest BCUT2D eigenvalue weighted by atomic mass is 19.4. The van der Waals surface area contributed by atoms with Gasteiger partial charge in [-0.25, -0.2) is 9.97 Å². The number of ether oxygens (including phenoxy) is 1. The summed E-state index contributed by atoms with van der Waals surface area (Å²) in [5, 5.41) is 12.9. The first-order chi connectivity index (χ1) is 16.2. The molecule has 0 saturated heterocycles. The zero-order valence-electron chi connectivity index (χ0n) is 18.6. The molecule has 0 aliphatic heterocycles. The fraction of sp³-hybridized carbons (Fsp3) is 0.458. The summed E-state index contributed by atoms with van der Waals surface area (Å²) in [5.41, 5.74) is 1.04. The first kappa shape index (κ1) is 22.6. The highest BCUT2D eigenvalue weighted by molar-refractivity contribution is 6.09. The van der Waals surface area contributed by atoms with Crippen molar-refractivity contribution in [3.8, 4) is 17.0 Å². The maximum atomic E-state index is 13.5. The Balaban J connectivity index is 1.57. The van der Waals surface area contributed by atoms with Gasteiger partial charge in [0.1, 0.15) is 23.3 Å². The predicted octanol–water partition coefficient (Wildman–Crippen LogP) is 4.38. The molecule has 2 heterocycles. The summed E-state index contributed by atoms with van der Waals surface area (Å²) in [6.07, 6.45) is 0.311. The van der Waals surface area contributed by atoms with Gasteiger partial charge in [0.05, 0.1) is 35.4 Å². The standard InChI is InChI=1S/C24H25F3N4O3/c1-12-19(23(33)31-16-3-2-4-17(16)32)21-22(30-12)20(28-11-29-21)15-9-14(24(25,26)27)7-8-18(15)34-10-13-5-6-13/h7-9,11,13,16-17,30,32H,2-6,10H2,1H3,(H,31,33)/t16-,17-/m0/s1. The maximum absolute atomic E-state index is 13.5. The van der Waals surface area contributed by atoms with Crippen LogP contribution in [0.2, 0.25) is 0 Å². The van der Waals surface area contributed by atoms with Gasteiger partial charge < -0.3 is 20.1 Å². The summed E-state index contributed by atoms with van der Waals surface area (Å²) in [4.78, 5) is 24.7. The molecule has 1 aromatic carbocycles. The molecule has 180 valence electrons. The Morgan fingerprint density at radius 1 is 1.24 bits per heavy atom. The number of amides is 1. The minimum atomic E-state index is -4.53. The summed E-state index contributed by atoms with van der Waals surface area (Å²) in [6, 6.07) is 2.99. The summed E-state index contributed by atoms with van der Waals surface area (Å²) in [7, 11) is 0. The lowest BCUT2D eigenvalue weighted by molar-refractivity contribution is -0.137. The van der Waals surface area contributed by atoms with E-state index in [2.05, 4.69) is 20.3 Å². The quantitative estimate of drug-likeness (QED) is 0.492. The summed E-state index contributed by atoms with van der Waals surface area (Å²) in [5.74, 6) is 0.315. The Morgan fingerprint density at radius 3 is 2.71 bits per heavy atom. The molecule has 2 saturated carbocycles. The fourth-order valence-electron chi connectivity index (χ4n) is 4.46. The van der Waals surface area contributed by atoms with Gasteiger partial charge in [0.15, 0.2) is 0 Å². The highest BCUT2D eigenvalue weighted by Gasteiger charge is 2.33. The number of alkyl halides is 3. The van der Waals surface area contributed by atoms with Crippen molar-refractivity contribution >= 4 is 16.9 Å². The number of aromatic amines is 1. The van der Waals surface area contributed by atoms with Crippen LogP contribution in [0.15, 0.2) is 24.5 Å². The van der Waals surface area contributed by atoms with Crippen molar-refractivity contribution in [1.82, 2.24) is 20.3 Å². The zero-order valence-corrected chi connectivity index (χ0v) is 18.6. The molecule has 0 unspecified atom stereocenters. The third kappa shape index (κ3) is 4.34. The Hall–Kier alpha value is -3.14. The third-order valence-electron chi connectivity index (χ3n) is 6.53. The van der Waals surface area contributed by atoms with Crippen LogP contribution in [-0.4, -0.2) is 44.7 Å². The summed E-state index contributed by atoms with van der Waals surface area (Å²) < 4.78 is 46.4. The molecule has 0 spiro atoms. The second kappa shape index (κ2) is 8.57. The number of carbonyl (C=O) groups is 1. The highest BCUT2D eigenvalue weighted by Crippen LogP contribution is 2.40. The molecule has 5 rings (SSSR count). The van der Waals surface area contributed by atoms with Crippen molar-refractivity contribution in [1.29, 1.82) is 0 Å². The lowest BCUT2D eigenvalue weighted by Crippen LogP contribution is -2.40. The average molecular weight is 474 g/mol. The molecule has 34 heavy (non-hydrogen) atoms. The van der Waals surface area contributed by atoms with Crippen LogP contribution >= 0.6 is 0 Å². The smallest absolute Gasteiger partial charge is 0.416 e. The van der Waals surface area contributed by atoms with E-state index in [0.29, 0.717) is 47.8 Å². The van der Waals surface area contributed by atoms with Crippen molar-refractivity contribution in [3.63, 3.8) is 0 Å². The van der Waals surface area contributed by atoms with Crippen LogP contribution < -0.4 is 10.1 Å². The van der Waals surface area contributed by atoms with E-state index in [9.17, 15) is 23.1 Å². The van der Waals surface area contributed by atoms with Crippen LogP contribution in [0.1, 0.15) is 53.7 Å². The first-order valence-corrected chi connectivity index (χ1v) is 11.4. The molecule has 3 aromatic rings. The van der Waals surface area contributed by atoms with E-state index < -0.39 is 23.8 Å². The summed E-state index contributed by atoms with van der Waals surface area (Å²) >= 11 is 0. The number of H-pyrrole nitrogens is 1. The Labute approximate surface area is 193 Å². The third-order valence-corrected chi connectivity index (χ3v) is 6.53. The molecular weight excluding hydrogens is 449 g/mol. The van der Waals surface area contributed by atoms with E-state index in [-0.39, 0.29) is 22.9 Å². The Kier molecular flexibility index (Phi) is 5.71. The van der Waals surface area contributed by atoms with Crippen LogP contribution in [-0.2, 0) is 6.18 Å². The molecule has 2 fully saturated rings. The van der Waals surface area contributed by atoms with Gasteiger partial charge in [-0.2, -0.15) is 13.2 Å². The molecule has 2 aliphatic carbocycles. The number of aryl methyl sites for hydroxylation is 1. The number of aliphatic hydroxyl groups excluding tert-OH is 1. The van der Waals surface area contributed by atoms with Crippen LogP contribution in [0.5, 0.6) is 5.75 Å². The van der Waals surface area contributed by atoms with Crippen molar-refractivity contribution in [2.75, 3.05) is 6.61 Å². The Morgan fingerprint density at radius 2 is 2.03 bits per heavy atom. The number of hydrogen-bond donors (Lipinski definition) is 3. The van der Waals surface area contributed by atoms with Gasteiger partial charge in [0, 0.05) is 11.3 Å². The van der Waals surface area contributed by atoms with E-state index in [1.54, 1.807) is 6.92 Å². The van der Waals surface area contributed by atoms with Gasteiger partial charge in [-0.05, 0) is 63.1 Å². The van der Waals surface area contributed by atoms with Gasteiger partial charge in [0.25, 0.3) is 5.91 Å². The molecule has 1 amide bonds. The number of benzene rings is 1. The van der Waals surface area contributed by atoms with Gasteiger partial charge in [-0.3, -0.25) is 4.79 Å². The van der Waals surface area contributed by atoms with E-state index in [1.807, 2.05) is 0 Å². The molecule has 10 heteroatoms. The largest absolute Gasteiger partial charge is 0.493 e. The topological polar surface area (TPSA) is 100 Å². The van der Waals surface area contributed by atoms with Gasteiger partial charge in [-0.15, -0.1) is 0 Å². The number of hydrogen-bond acceptors (Lipinski definition) is 5. The van der Waals surface area contributed by atoms with E-state index in [4.69, 9.17) is 4.74 Å². The lowest BCUT2D eigenvalue weighted by atomic mass is 10.0. The van der Waals surface area contributed by atoms with Crippen LogP contribution in [0.4, 0.5) is 13.2 Å². The molecule has 0 bridgehead atoms. The minimum absolute atomic E-state index is 0.183. The number of aliphatic hydroxyl groups is 1. The number of nitrogens with one attached hydrogen (secondary N) is 2. The second-order valence-corrected chi connectivity index (χ2v) is 9.11. The average Bonchev–Trinajstić information content (AvgIpc) is 3.44. The number of halogens is 3. The molecule has 7 nitrogen and oxygen atoms in total. The van der Waals surface area contributed by atoms with Gasteiger partial charge in [0.2, 0.25) is 0 Å². The van der Waals surface area contributed by atoms with E-state index >= 15 is 0 Å². The number of aromatic nitrogens is 3. The normalized spacial score (nSPS) is 20.6. The van der Waals surface area contributed by atoms with Crippen LogP contribution in [0, 0.1) is 12.8 Å². The fourth-order valence-corrected chi connectivity index (χ4v) is 4.46. The minimum Gasteiger partial charge on any atom is -0.493 e. The number of carbonyl (C=O) groups excluding carboxylic acids is 1. The van der Waals surface area contributed by atoms with Crippen LogP contribution in [0.25, 0.3) is 22.3 Å². The van der Waals surface area contributed by atoms with Crippen LogP contribution in [0.3, 0.4) is 0 Å². The lowest BCUT2D eigenvalue weighted by Gasteiger charge is -2.16. The number of fused-ring (bicyclic) bond motifs is 1.